The predicted octanol–water partition coefficient (Wildman–Crippen LogP) is 5.22. The van der Waals surface area contributed by atoms with E-state index >= 15 is 0 Å². The zero-order valence-corrected chi connectivity index (χ0v) is 17.4. The van der Waals surface area contributed by atoms with Crippen molar-refractivity contribution in [1.29, 1.82) is 0 Å². The zero-order valence-electron chi connectivity index (χ0n) is 16.6. The molecule has 0 atom stereocenters. The summed E-state index contributed by atoms with van der Waals surface area (Å²) in [5.41, 5.74) is -0.861. The van der Waals surface area contributed by atoms with Crippen LogP contribution in [0.2, 0.25) is 0 Å². The Kier molecular flexibility index (Phi) is 5.00. The number of ketones is 3. The first-order valence-corrected chi connectivity index (χ1v) is 9.95. The van der Waals surface area contributed by atoms with Gasteiger partial charge in [-0.1, -0.05) is 18.2 Å². The maximum atomic E-state index is 13.0. The number of carbonyl (C=O) groups excluding carboxylic acids is 3. The third-order valence-electron chi connectivity index (χ3n) is 5.49. The van der Waals surface area contributed by atoms with Crippen LogP contribution >= 0.6 is 11.3 Å². The Balaban J connectivity index is 1.97. The highest BCUT2D eigenvalue weighted by Crippen LogP contribution is 2.46. The lowest BCUT2D eigenvalue weighted by molar-refractivity contribution is -0.157. The monoisotopic (exact) mass is 398 g/mol. The summed E-state index contributed by atoms with van der Waals surface area (Å²) in [7, 11) is 0. The summed E-state index contributed by atoms with van der Waals surface area (Å²) < 4.78 is 13.0. The maximum absolute atomic E-state index is 13.0. The molecule has 3 rings (SSSR count). The Morgan fingerprint density at radius 3 is 2.00 bits per heavy atom. The van der Waals surface area contributed by atoms with Crippen molar-refractivity contribution in [3.8, 4) is 0 Å². The smallest absolute Gasteiger partial charge is 0.160 e. The van der Waals surface area contributed by atoms with Crippen LogP contribution in [0.1, 0.15) is 54.5 Å². The van der Waals surface area contributed by atoms with Gasteiger partial charge in [0.15, 0.2) is 17.3 Å². The average molecular weight is 398 g/mol. The highest BCUT2D eigenvalue weighted by Gasteiger charge is 2.58. The van der Waals surface area contributed by atoms with Crippen LogP contribution in [0, 0.1) is 23.6 Å². The van der Waals surface area contributed by atoms with E-state index in [-0.39, 0.29) is 23.2 Å². The van der Waals surface area contributed by atoms with Crippen LogP contribution in [0.25, 0.3) is 12.2 Å². The number of aryl methyl sites for hydroxylation is 1. The second-order valence-corrected chi connectivity index (χ2v) is 9.57. The van der Waals surface area contributed by atoms with Crippen LogP contribution in [0.3, 0.4) is 0 Å². The van der Waals surface area contributed by atoms with Crippen LogP contribution < -0.4 is 0 Å². The number of benzene rings is 1. The molecule has 0 spiro atoms. The first kappa shape index (κ1) is 20.3. The molecule has 1 aromatic heterocycles. The lowest BCUT2D eigenvalue weighted by atomic mass is 9.57. The van der Waals surface area contributed by atoms with E-state index in [1.807, 2.05) is 25.1 Å². The van der Waals surface area contributed by atoms with E-state index in [0.29, 0.717) is 5.56 Å². The van der Waals surface area contributed by atoms with Crippen molar-refractivity contribution in [2.24, 2.45) is 10.8 Å². The minimum atomic E-state index is -1.19. The lowest BCUT2D eigenvalue weighted by Crippen LogP contribution is -2.56. The van der Waals surface area contributed by atoms with Gasteiger partial charge in [0.2, 0.25) is 0 Å². The molecular formula is C23H23FO3S. The van der Waals surface area contributed by atoms with Gasteiger partial charge in [0.05, 0.1) is 10.8 Å². The van der Waals surface area contributed by atoms with Crippen molar-refractivity contribution < 1.29 is 18.8 Å². The van der Waals surface area contributed by atoms with Crippen molar-refractivity contribution in [3.05, 3.63) is 57.0 Å². The Labute approximate surface area is 168 Å². The molecule has 146 valence electrons. The molecular weight excluding hydrogens is 375 g/mol. The fourth-order valence-electron chi connectivity index (χ4n) is 3.77. The normalized spacial score (nSPS) is 19.6. The molecule has 1 saturated carbocycles. The highest BCUT2D eigenvalue weighted by atomic mass is 32.1. The summed E-state index contributed by atoms with van der Waals surface area (Å²) in [5, 5.41) is 0. The Bertz CT molecular complexity index is 963. The van der Waals surface area contributed by atoms with E-state index in [4.69, 9.17) is 0 Å². The van der Waals surface area contributed by atoms with Gasteiger partial charge in [0, 0.05) is 9.75 Å². The average Bonchev–Trinajstić information content (AvgIpc) is 3.00. The van der Waals surface area contributed by atoms with Gasteiger partial charge in [-0.25, -0.2) is 4.39 Å². The molecule has 1 aliphatic carbocycles. The van der Waals surface area contributed by atoms with Crippen LogP contribution in [0.4, 0.5) is 4.39 Å². The minimum Gasteiger partial charge on any atom is -0.298 e. The molecule has 0 amide bonds. The largest absolute Gasteiger partial charge is 0.298 e. The van der Waals surface area contributed by atoms with Gasteiger partial charge in [-0.3, -0.25) is 14.4 Å². The quantitative estimate of drug-likeness (QED) is 0.666. The third-order valence-corrected chi connectivity index (χ3v) is 6.52. The van der Waals surface area contributed by atoms with Crippen LogP contribution in [-0.4, -0.2) is 17.3 Å². The fourth-order valence-corrected chi connectivity index (χ4v) is 4.74. The summed E-state index contributed by atoms with van der Waals surface area (Å²) in [4.78, 5) is 40.5. The molecule has 0 aliphatic heterocycles. The first-order chi connectivity index (χ1) is 13.0. The third kappa shape index (κ3) is 3.28. The molecule has 1 fully saturated rings. The maximum Gasteiger partial charge on any atom is 0.160 e. The number of thiophene rings is 1. The van der Waals surface area contributed by atoms with Crippen molar-refractivity contribution in [3.63, 3.8) is 0 Å². The summed E-state index contributed by atoms with van der Waals surface area (Å²) in [5.74, 6) is -2.21. The highest BCUT2D eigenvalue weighted by molar-refractivity contribution is 7.13. The number of hydrogen-bond acceptors (Lipinski definition) is 4. The van der Waals surface area contributed by atoms with Gasteiger partial charge < -0.3 is 0 Å². The standard InChI is InChI=1S/C23H23FO3S/c1-13-17(12-16(28-13)11-8-14-6-9-15(24)10-7-14)18-19(25)22(2,3)21(27)23(4,5)20(18)26/h6-12,18H,1-5H3/b11-8+. The van der Waals surface area contributed by atoms with Gasteiger partial charge in [-0.15, -0.1) is 11.3 Å². The second kappa shape index (κ2) is 6.89. The number of rotatable bonds is 3. The molecule has 28 heavy (non-hydrogen) atoms. The van der Waals surface area contributed by atoms with Gasteiger partial charge in [0.25, 0.3) is 0 Å². The predicted molar refractivity (Wildman–Crippen MR) is 110 cm³/mol. The second-order valence-electron chi connectivity index (χ2n) is 8.29. The van der Waals surface area contributed by atoms with Gasteiger partial charge in [-0.05, 0) is 70.0 Å². The Morgan fingerprint density at radius 1 is 0.929 bits per heavy atom. The first-order valence-electron chi connectivity index (χ1n) is 9.14. The zero-order chi connectivity index (χ0) is 20.9. The molecule has 0 radical (unpaired) electrons. The van der Waals surface area contributed by atoms with E-state index in [0.717, 1.165) is 15.3 Å². The molecule has 5 heteroatoms. The van der Waals surface area contributed by atoms with Crippen LogP contribution in [-0.2, 0) is 14.4 Å². The van der Waals surface area contributed by atoms with Crippen molar-refractivity contribution in [2.75, 3.05) is 0 Å². The topological polar surface area (TPSA) is 51.2 Å². The van der Waals surface area contributed by atoms with Crippen molar-refractivity contribution in [1.82, 2.24) is 0 Å². The molecule has 3 nitrogen and oxygen atoms in total. The van der Waals surface area contributed by atoms with Gasteiger partial charge in [0.1, 0.15) is 11.7 Å². The SMILES string of the molecule is Cc1sc(/C=C/c2ccc(F)cc2)cc1C1C(=O)C(C)(C)C(=O)C(C)(C)C1=O. The van der Waals surface area contributed by atoms with Gasteiger partial charge in [-0.2, -0.15) is 0 Å². The number of hydrogen-bond donors (Lipinski definition) is 0. The van der Waals surface area contributed by atoms with Crippen molar-refractivity contribution in [2.45, 2.75) is 40.5 Å². The minimum absolute atomic E-state index is 0.291. The molecule has 2 aromatic rings. The summed E-state index contributed by atoms with van der Waals surface area (Å²) >= 11 is 1.49. The summed E-state index contributed by atoms with van der Waals surface area (Å²) in [6, 6.07) is 8.00. The molecule has 0 saturated heterocycles. The van der Waals surface area contributed by atoms with E-state index < -0.39 is 16.7 Å². The van der Waals surface area contributed by atoms with Crippen LogP contribution in [0.15, 0.2) is 30.3 Å². The lowest BCUT2D eigenvalue weighted by Gasteiger charge is -2.40. The van der Waals surface area contributed by atoms with Gasteiger partial charge >= 0.3 is 0 Å². The van der Waals surface area contributed by atoms with E-state index in [1.165, 1.54) is 23.5 Å². The van der Waals surface area contributed by atoms with Crippen molar-refractivity contribution >= 4 is 40.8 Å². The Hall–Kier alpha value is -2.40. The number of Topliss-reactive ketones (excluding diaryl/α,β-unsaturated/α-hetero) is 3. The number of carbonyl (C=O) groups is 3. The Morgan fingerprint density at radius 2 is 1.46 bits per heavy atom. The molecule has 0 unspecified atom stereocenters. The van der Waals surface area contributed by atoms with E-state index in [9.17, 15) is 18.8 Å². The fraction of sp³-hybridized carbons (Fsp3) is 0.348. The van der Waals surface area contributed by atoms with E-state index in [2.05, 4.69) is 0 Å². The van der Waals surface area contributed by atoms with Crippen LogP contribution in [0.5, 0.6) is 0 Å². The molecule has 1 heterocycles. The molecule has 1 aliphatic rings. The number of halogens is 1. The molecule has 1 aromatic carbocycles. The molecule has 0 bridgehead atoms. The van der Waals surface area contributed by atoms with E-state index in [1.54, 1.807) is 39.8 Å². The molecule has 0 N–H and O–H groups in total. The summed E-state index contributed by atoms with van der Waals surface area (Å²) in [6.07, 6.45) is 3.74. The summed E-state index contributed by atoms with van der Waals surface area (Å²) in [6.45, 7) is 8.31.